The minimum atomic E-state index is -0.109. The summed E-state index contributed by atoms with van der Waals surface area (Å²) in [5.74, 6) is 1.03. The first-order valence-corrected chi connectivity index (χ1v) is 14.0. The average molecular weight is 543 g/mol. The smallest absolute Gasteiger partial charge is 0.161 e. The summed E-state index contributed by atoms with van der Waals surface area (Å²) in [7, 11) is 0. The Bertz CT molecular complexity index is 1100. The van der Waals surface area contributed by atoms with Gasteiger partial charge in [-0.3, -0.25) is 4.40 Å². The maximum absolute atomic E-state index is 5.20. The van der Waals surface area contributed by atoms with Crippen LogP contribution in [-0.2, 0) is 6.42 Å². The second-order valence-electron chi connectivity index (χ2n) is 11.4. The van der Waals surface area contributed by atoms with Crippen molar-refractivity contribution in [1.82, 2.24) is 14.4 Å². The third kappa shape index (κ3) is 6.99. The van der Waals surface area contributed by atoms with Crippen molar-refractivity contribution >= 4 is 33.1 Å². The number of aromatic nitrogens is 3. The van der Waals surface area contributed by atoms with Crippen LogP contribution in [0.4, 0.5) is 11.5 Å². The highest BCUT2D eigenvalue weighted by Crippen LogP contribution is 2.36. The van der Waals surface area contributed by atoms with Gasteiger partial charge in [-0.05, 0) is 80.4 Å². The van der Waals surface area contributed by atoms with Crippen LogP contribution in [0.25, 0.3) is 16.9 Å². The zero-order chi connectivity index (χ0) is 25.8. The average Bonchev–Trinajstić information content (AvgIpc) is 3.11. The molecule has 0 spiro atoms. The van der Waals surface area contributed by atoms with E-state index in [0.29, 0.717) is 0 Å². The Morgan fingerprint density at radius 3 is 2.17 bits per heavy atom. The zero-order valence-corrected chi connectivity index (χ0v) is 24.6. The summed E-state index contributed by atoms with van der Waals surface area (Å²) in [6.45, 7) is 20.1. The minimum absolute atomic E-state index is 0.109. The second kappa shape index (κ2) is 11.3. The number of rotatable bonds is 11. The largest absolute Gasteiger partial charge is 0.372 e. The predicted molar refractivity (Wildman–Crippen MR) is 155 cm³/mol. The highest BCUT2D eigenvalue weighted by atomic mass is 79.9. The van der Waals surface area contributed by atoms with Gasteiger partial charge in [-0.1, -0.05) is 52.7 Å². The summed E-state index contributed by atoms with van der Waals surface area (Å²) in [6, 6.07) is 8.84. The fourth-order valence-corrected chi connectivity index (χ4v) is 5.64. The number of anilines is 2. The van der Waals surface area contributed by atoms with Gasteiger partial charge in [-0.25, -0.2) is 9.97 Å². The van der Waals surface area contributed by atoms with Crippen LogP contribution >= 0.6 is 15.9 Å². The van der Waals surface area contributed by atoms with Gasteiger partial charge in [-0.15, -0.1) is 0 Å². The van der Waals surface area contributed by atoms with Gasteiger partial charge in [0, 0.05) is 36.1 Å². The van der Waals surface area contributed by atoms with Crippen LogP contribution in [0.5, 0.6) is 0 Å². The van der Waals surface area contributed by atoms with Gasteiger partial charge in [0.05, 0.1) is 5.69 Å². The molecular formula is C29H44BrN5. The number of fused-ring (bicyclic) bond motifs is 1. The molecule has 0 atom stereocenters. The van der Waals surface area contributed by atoms with Crippen LogP contribution in [0.15, 0.2) is 35.1 Å². The summed E-state index contributed by atoms with van der Waals surface area (Å²) >= 11 is 3.67. The number of hydrogen-bond acceptors (Lipinski definition) is 4. The Hall–Kier alpha value is -2.08. The molecule has 0 saturated carbocycles. The van der Waals surface area contributed by atoms with Crippen LogP contribution in [-0.4, -0.2) is 33.0 Å². The molecule has 192 valence electrons. The van der Waals surface area contributed by atoms with Crippen molar-refractivity contribution in [2.24, 2.45) is 5.41 Å². The number of unbranched alkanes of at least 4 members (excludes halogenated alkanes) is 2. The van der Waals surface area contributed by atoms with Crippen molar-refractivity contribution in [1.29, 1.82) is 0 Å². The Labute approximate surface area is 220 Å². The molecule has 0 saturated heterocycles. The van der Waals surface area contributed by atoms with Crippen LogP contribution in [0.1, 0.15) is 86.8 Å². The third-order valence-electron chi connectivity index (χ3n) is 6.36. The molecular weight excluding hydrogens is 498 g/mol. The standard InChI is InChI=1S/C29H44BrN5/c1-9-12-13-14-23-26-32-25(21-15-17-22(18-16-21)34(10-2)11-3)27(35(26)19-24(30)31-23)33-29(7,8)20-28(4,5)6/h15-19,33H,9-14,20H2,1-8H3. The topological polar surface area (TPSA) is 45.5 Å². The van der Waals surface area contributed by atoms with Crippen molar-refractivity contribution in [3.8, 4) is 11.3 Å². The molecule has 2 aromatic heterocycles. The van der Waals surface area contributed by atoms with E-state index >= 15 is 0 Å². The Morgan fingerprint density at radius 2 is 1.60 bits per heavy atom. The Balaban J connectivity index is 2.14. The quantitative estimate of drug-likeness (QED) is 0.247. The van der Waals surface area contributed by atoms with Crippen molar-refractivity contribution in [2.45, 2.75) is 93.0 Å². The van der Waals surface area contributed by atoms with E-state index in [2.05, 4.69) is 116 Å². The van der Waals surface area contributed by atoms with Crippen molar-refractivity contribution in [3.05, 3.63) is 40.8 Å². The molecule has 3 rings (SSSR count). The van der Waals surface area contributed by atoms with Crippen molar-refractivity contribution in [3.63, 3.8) is 0 Å². The van der Waals surface area contributed by atoms with Crippen molar-refractivity contribution < 1.29 is 0 Å². The molecule has 2 heterocycles. The predicted octanol–water partition coefficient (Wildman–Crippen LogP) is 8.36. The van der Waals surface area contributed by atoms with E-state index in [1.165, 1.54) is 18.5 Å². The first kappa shape index (κ1) is 27.5. The number of benzene rings is 1. The van der Waals surface area contributed by atoms with Crippen LogP contribution in [0.3, 0.4) is 0 Å². The summed E-state index contributed by atoms with van der Waals surface area (Å²) in [5, 5.41) is 3.89. The molecule has 0 amide bonds. The van der Waals surface area contributed by atoms with E-state index in [4.69, 9.17) is 9.97 Å². The number of imidazole rings is 1. The van der Waals surface area contributed by atoms with Gasteiger partial charge >= 0.3 is 0 Å². The number of halogens is 1. The maximum atomic E-state index is 5.20. The lowest BCUT2D eigenvalue weighted by atomic mass is 9.82. The summed E-state index contributed by atoms with van der Waals surface area (Å²) in [6.07, 6.45) is 7.52. The second-order valence-corrected chi connectivity index (χ2v) is 12.2. The van der Waals surface area contributed by atoms with Crippen LogP contribution < -0.4 is 10.2 Å². The molecule has 5 nitrogen and oxygen atoms in total. The lowest BCUT2D eigenvalue weighted by Gasteiger charge is -2.34. The van der Waals surface area contributed by atoms with E-state index < -0.39 is 0 Å². The first-order valence-electron chi connectivity index (χ1n) is 13.2. The van der Waals surface area contributed by atoms with Crippen LogP contribution in [0.2, 0.25) is 0 Å². The molecule has 0 unspecified atom stereocenters. The normalized spacial score (nSPS) is 12.4. The number of nitrogens with zero attached hydrogens (tertiary/aromatic N) is 4. The molecule has 0 aliphatic rings. The number of aryl methyl sites for hydroxylation is 1. The third-order valence-corrected chi connectivity index (χ3v) is 6.74. The Morgan fingerprint density at radius 1 is 0.943 bits per heavy atom. The number of nitrogens with one attached hydrogen (secondary N) is 1. The monoisotopic (exact) mass is 541 g/mol. The Kier molecular flexibility index (Phi) is 8.90. The summed E-state index contributed by atoms with van der Waals surface area (Å²) in [5.41, 5.74) is 5.44. The molecule has 0 aliphatic carbocycles. The summed E-state index contributed by atoms with van der Waals surface area (Å²) in [4.78, 5) is 12.4. The fraction of sp³-hybridized carbons (Fsp3) is 0.586. The first-order chi connectivity index (χ1) is 16.5. The van der Waals surface area contributed by atoms with E-state index in [-0.39, 0.29) is 11.0 Å². The van der Waals surface area contributed by atoms with Crippen molar-refractivity contribution in [2.75, 3.05) is 23.3 Å². The van der Waals surface area contributed by atoms with Gasteiger partial charge in [0.2, 0.25) is 0 Å². The lowest BCUT2D eigenvalue weighted by Crippen LogP contribution is -2.36. The molecule has 0 bridgehead atoms. The van der Waals surface area contributed by atoms with E-state index in [1.54, 1.807) is 0 Å². The SMILES string of the molecule is CCCCCc1nc(Br)cn2c(NC(C)(C)CC(C)(C)C)c(-c3ccc(N(CC)CC)cc3)nc12. The van der Waals surface area contributed by atoms with Gasteiger partial charge < -0.3 is 10.2 Å². The van der Waals surface area contributed by atoms with E-state index in [1.807, 2.05) is 0 Å². The van der Waals surface area contributed by atoms with Crippen LogP contribution in [0, 0.1) is 5.41 Å². The van der Waals surface area contributed by atoms with Gasteiger partial charge in [0.25, 0.3) is 0 Å². The molecule has 0 fully saturated rings. The molecule has 1 N–H and O–H groups in total. The molecule has 1 aromatic carbocycles. The lowest BCUT2D eigenvalue weighted by molar-refractivity contribution is 0.302. The van der Waals surface area contributed by atoms with Gasteiger partial charge in [-0.2, -0.15) is 0 Å². The number of hydrogen-bond donors (Lipinski definition) is 1. The molecule has 3 aromatic rings. The molecule has 6 heteroatoms. The molecule has 35 heavy (non-hydrogen) atoms. The fourth-order valence-electron chi connectivity index (χ4n) is 5.22. The molecule has 0 radical (unpaired) electrons. The highest BCUT2D eigenvalue weighted by molar-refractivity contribution is 9.10. The van der Waals surface area contributed by atoms with E-state index in [0.717, 1.165) is 65.4 Å². The summed E-state index contributed by atoms with van der Waals surface area (Å²) < 4.78 is 3.05. The maximum Gasteiger partial charge on any atom is 0.161 e. The minimum Gasteiger partial charge on any atom is -0.372 e. The zero-order valence-electron chi connectivity index (χ0n) is 23.0. The van der Waals surface area contributed by atoms with E-state index in [9.17, 15) is 0 Å². The molecule has 0 aliphatic heterocycles. The van der Waals surface area contributed by atoms with Gasteiger partial charge in [0.1, 0.15) is 16.1 Å². The van der Waals surface area contributed by atoms with Gasteiger partial charge in [0.15, 0.2) is 5.65 Å². The highest BCUT2D eigenvalue weighted by Gasteiger charge is 2.28.